The summed E-state index contributed by atoms with van der Waals surface area (Å²) in [5.74, 6) is 0. The van der Waals surface area contributed by atoms with Crippen molar-refractivity contribution >= 4 is 0 Å². The Morgan fingerprint density at radius 2 is 1.87 bits per heavy atom. The van der Waals surface area contributed by atoms with E-state index in [1.807, 2.05) is 0 Å². The molecule has 84 valence electrons. The minimum atomic E-state index is 0.234. The fourth-order valence-corrected chi connectivity index (χ4v) is 1.98. The van der Waals surface area contributed by atoms with Gasteiger partial charge in [-0.15, -0.1) is 0 Å². The van der Waals surface area contributed by atoms with Crippen LogP contribution in [0.15, 0.2) is 18.2 Å². The highest BCUT2D eigenvalue weighted by Crippen LogP contribution is 2.27. The van der Waals surface area contributed by atoms with Crippen molar-refractivity contribution in [2.24, 2.45) is 5.73 Å². The lowest BCUT2D eigenvalue weighted by atomic mass is 9.82. The van der Waals surface area contributed by atoms with Crippen LogP contribution in [-0.4, -0.2) is 0 Å². The normalized spacial score (nSPS) is 11.8. The summed E-state index contributed by atoms with van der Waals surface area (Å²) in [5.41, 5.74) is 10.1. The van der Waals surface area contributed by atoms with Crippen LogP contribution in [-0.2, 0) is 18.4 Å². The second-order valence-electron chi connectivity index (χ2n) is 5.20. The summed E-state index contributed by atoms with van der Waals surface area (Å²) in [6.45, 7) is 9.67. The summed E-state index contributed by atoms with van der Waals surface area (Å²) in [6.07, 6.45) is 2.34. The molecule has 1 aromatic carbocycles. The summed E-state index contributed by atoms with van der Waals surface area (Å²) in [7, 11) is 0. The Balaban J connectivity index is 3.15. The van der Waals surface area contributed by atoms with Crippen molar-refractivity contribution in [3.63, 3.8) is 0 Å². The standard InChI is InChI=1S/C14H23N/c1-5-6-12-9-11(10-15)7-8-13(12)14(2,3)4/h7-9H,5-6,10,15H2,1-4H3. The molecule has 1 aromatic rings. The van der Waals surface area contributed by atoms with Crippen molar-refractivity contribution in [3.05, 3.63) is 34.9 Å². The van der Waals surface area contributed by atoms with E-state index in [0.29, 0.717) is 6.54 Å². The molecule has 0 bridgehead atoms. The Kier molecular flexibility index (Phi) is 3.92. The maximum atomic E-state index is 5.67. The SMILES string of the molecule is CCCc1cc(CN)ccc1C(C)(C)C. The molecule has 0 fully saturated rings. The molecule has 0 saturated carbocycles. The number of benzene rings is 1. The zero-order chi connectivity index (χ0) is 11.5. The average molecular weight is 205 g/mol. The summed E-state index contributed by atoms with van der Waals surface area (Å²) < 4.78 is 0. The molecule has 0 aliphatic rings. The molecule has 0 amide bonds. The van der Waals surface area contributed by atoms with Crippen LogP contribution in [0.3, 0.4) is 0 Å². The van der Waals surface area contributed by atoms with Crippen LogP contribution in [0.2, 0.25) is 0 Å². The van der Waals surface area contributed by atoms with Crippen LogP contribution in [0, 0.1) is 0 Å². The van der Waals surface area contributed by atoms with Gasteiger partial charge in [-0.05, 0) is 28.5 Å². The molecule has 0 unspecified atom stereocenters. The summed E-state index contributed by atoms with van der Waals surface area (Å²) in [5, 5.41) is 0. The lowest BCUT2D eigenvalue weighted by Gasteiger charge is -2.23. The third kappa shape index (κ3) is 3.07. The number of aryl methyl sites for hydroxylation is 1. The van der Waals surface area contributed by atoms with E-state index in [0.717, 1.165) is 6.42 Å². The van der Waals surface area contributed by atoms with Gasteiger partial charge in [-0.25, -0.2) is 0 Å². The molecule has 0 aliphatic carbocycles. The van der Waals surface area contributed by atoms with Crippen LogP contribution in [0.5, 0.6) is 0 Å². The fraction of sp³-hybridized carbons (Fsp3) is 0.571. The lowest BCUT2D eigenvalue weighted by Crippen LogP contribution is -2.15. The van der Waals surface area contributed by atoms with Gasteiger partial charge in [0.25, 0.3) is 0 Å². The first kappa shape index (κ1) is 12.3. The fourth-order valence-electron chi connectivity index (χ4n) is 1.98. The van der Waals surface area contributed by atoms with Crippen molar-refractivity contribution in [2.45, 2.75) is 52.5 Å². The van der Waals surface area contributed by atoms with Gasteiger partial charge in [-0.1, -0.05) is 52.3 Å². The molecule has 0 spiro atoms. The van der Waals surface area contributed by atoms with Gasteiger partial charge < -0.3 is 5.73 Å². The van der Waals surface area contributed by atoms with Gasteiger partial charge in [0.1, 0.15) is 0 Å². The molecule has 0 atom stereocenters. The van der Waals surface area contributed by atoms with E-state index >= 15 is 0 Å². The molecule has 0 aromatic heterocycles. The quantitative estimate of drug-likeness (QED) is 0.804. The van der Waals surface area contributed by atoms with Gasteiger partial charge in [0.15, 0.2) is 0 Å². The third-order valence-corrected chi connectivity index (χ3v) is 2.73. The Bertz CT molecular complexity index is 321. The zero-order valence-corrected chi connectivity index (χ0v) is 10.4. The zero-order valence-electron chi connectivity index (χ0n) is 10.4. The molecule has 15 heavy (non-hydrogen) atoms. The highest BCUT2D eigenvalue weighted by atomic mass is 14.5. The molecule has 1 rings (SSSR count). The average Bonchev–Trinajstić information content (AvgIpc) is 2.16. The monoisotopic (exact) mass is 205 g/mol. The number of nitrogens with two attached hydrogens (primary N) is 1. The number of rotatable bonds is 3. The van der Waals surface area contributed by atoms with Crippen molar-refractivity contribution in [1.29, 1.82) is 0 Å². The van der Waals surface area contributed by atoms with E-state index in [1.165, 1.54) is 23.1 Å². The van der Waals surface area contributed by atoms with Crippen LogP contribution >= 0.6 is 0 Å². The Hall–Kier alpha value is -0.820. The van der Waals surface area contributed by atoms with Crippen molar-refractivity contribution in [3.8, 4) is 0 Å². The van der Waals surface area contributed by atoms with Crippen LogP contribution in [0.4, 0.5) is 0 Å². The van der Waals surface area contributed by atoms with E-state index in [1.54, 1.807) is 0 Å². The lowest BCUT2D eigenvalue weighted by molar-refractivity contribution is 0.581. The molecular weight excluding hydrogens is 182 g/mol. The first-order chi connectivity index (χ1) is 6.99. The molecule has 0 radical (unpaired) electrons. The van der Waals surface area contributed by atoms with Crippen LogP contribution in [0.1, 0.15) is 50.8 Å². The molecule has 0 saturated heterocycles. The molecular formula is C14H23N. The van der Waals surface area contributed by atoms with Gasteiger partial charge in [-0.3, -0.25) is 0 Å². The first-order valence-electron chi connectivity index (χ1n) is 5.81. The second kappa shape index (κ2) is 4.80. The van der Waals surface area contributed by atoms with E-state index in [4.69, 9.17) is 5.73 Å². The van der Waals surface area contributed by atoms with Gasteiger partial charge in [0, 0.05) is 6.54 Å². The van der Waals surface area contributed by atoms with Crippen molar-refractivity contribution in [2.75, 3.05) is 0 Å². The topological polar surface area (TPSA) is 26.0 Å². The first-order valence-corrected chi connectivity index (χ1v) is 5.81. The maximum Gasteiger partial charge on any atom is 0.0178 e. The van der Waals surface area contributed by atoms with Gasteiger partial charge in [0.05, 0.1) is 0 Å². The highest BCUT2D eigenvalue weighted by Gasteiger charge is 2.17. The Morgan fingerprint density at radius 1 is 1.20 bits per heavy atom. The molecule has 1 nitrogen and oxygen atoms in total. The minimum Gasteiger partial charge on any atom is -0.326 e. The van der Waals surface area contributed by atoms with E-state index < -0.39 is 0 Å². The van der Waals surface area contributed by atoms with E-state index in [2.05, 4.69) is 45.9 Å². The smallest absolute Gasteiger partial charge is 0.0178 e. The van der Waals surface area contributed by atoms with Crippen molar-refractivity contribution in [1.82, 2.24) is 0 Å². The number of hydrogen-bond acceptors (Lipinski definition) is 1. The summed E-state index contributed by atoms with van der Waals surface area (Å²) >= 11 is 0. The largest absolute Gasteiger partial charge is 0.326 e. The molecule has 2 N–H and O–H groups in total. The van der Waals surface area contributed by atoms with Gasteiger partial charge >= 0.3 is 0 Å². The van der Waals surface area contributed by atoms with E-state index in [-0.39, 0.29) is 5.41 Å². The van der Waals surface area contributed by atoms with Crippen molar-refractivity contribution < 1.29 is 0 Å². The predicted octanol–water partition coefficient (Wildman–Crippen LogP) is 3.40. The summed E-state index contributed by atoms with van der Waals surface area (Å²) in [4.78, 5) is 0. The summed E-state index contributed by atoms with van der Waals surface area (Å²) in [6, 6.07) is 6.66. The van der Waals surface area contributed by atoms with Crippen LogP contribution < -0.4 is 5.73 Å². The molecule has 0 aliphatic heterocycles. The van der Waals surface area contributed by atoms with Gasteiger partial charge in [-0.2, -0.15) is 0 Å². The van der Waals surface area contributed by atoms with E-state index in [9.17, 15) is 0 Å². The maximum absolute atomic E-state index is 5.67. The second-order valence-corrected chi connectivity index (χ2v) is 5.20. The molecule has 1 heteroatoms. The predicted molar refractivity (Wildman–Crippen MR) is 67.0 cm³/mol. The third-order valence-electron chi connectivity index (χ3n) is 2.73. The Labute approximate surface area is 93.7 Å². The van der Waals surface area contributed by atoms with Gasteiger partial charge in [0.2, 0.25) is 0 Å². The minimum absolute atomic E-state index is 0.234. The highest BCUT2D eigenvalue weighted by molar-refractivity contribution is 5.36. The van der Waals surface area contributed by atoms with Crippen LogP contribution in [0.25, 0.3) is 0 Å². The Morgan fingerprint density at radius 3 is 2.33 bits per heavy atom. The molecule has 0 heterocycles. The number of hydrogen-bond donors (Lipinski definition) is 1.